The molecular weight excluding hydrogens is 188 g/mol. The van der Waals surface area contributed by atoms with Crippen LogP contribution in [0.25, 0.3) is 0 Å². The second-order valence-corrected chi connectivity index (χ2v) is 4.31. The molecule has 1 aliphatic rings. The fourth-order valence-electron chi connectivity index (χ4n) is 2.09. The highest BCUT2D eigenvalue weighted by atomic mass is 16.2. The first-order chi connectivity index (χ1) is 7.11. The van der Waals surface area contributed by atoms with E-state index >= 15 is 0 Å². The van der Waals surface area contributed by atoms with Crippen molar-refractivity contribution in [1.29, 1.82) is 0 Å². The molecule has 3 heteroatoms. The smallest absolute Gasteiger partial charge is 0.281 e. The zero-order valence-corrected chi connectivity index (χ0v) is 8.94. The number of benzene rings is 1. The van der Waals surface area contributed by atoms with Crippen LogP contribution < -0.4 is 5.32 Å². The van der Waals surface area contributed by atoms with E-state index in [1.807, 2.05) is 37.4 Å². The minimum absolute atomic E-state index is 0.0740. The highest BCUT2D eigenvalue weighted by Crippen LogP contribution is 2.27. The van der Waals surface area contributed by atoms with E-state index in [1.54, 1.807) is 0 Å². The monoisotopic (exact) mass is 204 g/mol. The van der Waals surface area contributed by atoms with Crippen molar-refractivity contribution >= 4 is 5.91 Å². The molecule has 0 saturated carbocycles. The number of quaternary nitrogens is 1. The number of piperazine rings is 1. The highest BCUT2D eigenvalue weighted by molar-refractivity contribution is 5.82. The SMILES string of the molecule is [CH2-][N+]1(C)CCNC(=O)C1c1ccccc1. The van der Waals surface area contributed by atoms with Crippen molar-refractivity contribution in [3.8, 4) is 0 Å². The third-order valence-corrected chi connectivity index (χ3v) is 2.91. The van der Waals surface area contributed by atoms with Gasteiger partial charge in [0.05, 0.1) is 13.1 Å². The second kappa shape index (κ2) is 3.66. The highest BCUT2D eigenvalue weighted by Gasteiger charge is 2.35. The molecule has 1 heterocycles. The summed E-state index contributed by atoms with van der Waals surface area (Å²) < 4.78 is 0.482. The zero-order chi connectivity index (χ0) is 10.9. The summed E-state index contributed by atoms with van der Waals surface area (Å²) in [7, 11) is 6.11. The largest absolute Gasteiger partial charge is 0.444 e. The Balaban J connectivity index is 2.36. The van der Waals surface area contributed by atoms with Gasteiger partial charge >= 0.3 is 0 Å². The van der Waals surface area contributed by atoms with Gasteiger partial charge in [-0.25, -0.2) is 0 Å². The van der Waals surface area contributed by atoms with Gasteiger partial charge in [0, 0.05) is 12.6 Å². The van der Waals surface area contributed by atoms with E-state index in [-0.39, 0.29) is 11.9 Å². The van der Waals surface area contributed by atoms with Gasteiger partial charge in [-0.15, -0.1) is 7.05 Å². The number of hydrogen-bond donors (Lipinski definition) is 1. The normalized spacial score (nSPS) is 31.1. The first-order valence-corrected chi connectivity index (χ1v) is 5.13. The molecule has 1 aromatic carbocycles. The van der Waals surface area contributed by atoms with E-state index in [4.69, 9.17) is 0 Å². The van der Waals surface area contributed by atoms with Crippen LogP contribution in [0, 0.1) is 7.05 Å². The predicted molar refractivity (Wildman–Crippen MR) is 58.6 cm³/mol. The topological polar surface area (TPSA) is 29.1 Å². The van der Waals surface area contributed by atoms with E-state index in [0.717, 1.165) is 12.1 Å². The van der Waals surface area contributed by atoms with Gasteiger partial charge in [0.15, 0.2) is 6.04 Å². The zero-order valence-electron chi connectivity index (χ0n) is 8.94. The molecule has 1 amide bonds. The fraction of sp³-hybridized carbons (Fsp3) is 0.333. The molecule has 80 valence electrons. The molecule has 0 spiro atoms. The maximum Gasteiger partial charge on any atom is 0.281 e. The molecular formula is C12H16N2O. The summed E-state index contributed by atoms with van der Waals surface area (Å²) in [5, 5.41) is 2.89. The minimum Gasteiger partial charge on any atom is -0.444 e. The summed E-state index contributed by atoms with van der Waals surface area (Å²) in [4.78, 5) is 11.8. The number of hydrogen-bond acceptors (Lipinski definition) is 1. The van der Waals surface area contributed by atoms with Crippen molar-refractivity contribution in [3.05, 3.63) is 42.9 Å². The molecule has 15 heavy (non-hydrogen) atoms. The van der Waals surface area contributed by atoms with Crippen LogP contribution in [0.1, 0.15) is 11.6 Å². The molecule has 0 aromatic heterocycles. The van der Waals surface area contributed by atoms with Crippen molar-refractivity contribution in [2.24, 2.45) is 0 Å². The summed E-state index contributed by atoms with van der Waals surface area (Å²) in [6, 6.07) is 9.65. The van der Waals surface area contributed by atoms with Crippen molar-refractivity contribution in [3.63, 3.8) is 0 Å². The first-order valence-electron chi connectivity index (χ1n) is 5.13. The molecule has 0 radical (unpaired) electrons. The summed E-state index contributed by atoms with van der Waals surface area (Å²) >= 11 is 0. The summed E-state index contributed by atoms with van der Waals surface area (Å²) in [5.74, 6) is 0.0740. The molecule has 0 bridgehead atoms. The first kappa shape index (κ1) is 10.2. The maximum atomic E-state index is 11.8. The number of amides is 1. The fourth-order valence-corrected chi connectivity index (χ4v) is 2.09. The average Bonchev–Trinajstić information content (AvgIpc) is 2.17. The van der Waals surface area contributed by atoms with Crippen LogP contribution in [-0.4, -0.2) is 30.5 Å². The Hall–Kier alpha value is -1.35. The van der Waals surface area contributed by atoms with Gasteiger partial charge in [0.2, 0.25) is 0 Å². The van der Waals surface area contributed by atoms with Crippen molar-refractivity contribution in [2.75, 3.05) is 20.1 Å². The number of carbonyl (C=O) groups is 1. The molecule has 1 aliphatic heterocycles. The molecule has 3 nitrogen and oxygen atoms in total. The van der Waals surface area contributed by atoms with Crippen molar-refractivity contribution in [2.45, 2.75) is 6.04 Å². The molecule has 0 aliphatic carbocycles. The predicted octanol–water partition coefficient (Wildman–Crippen LogP) is 1.10. The lowest BCUT2D eigenvalue weighted by atomic mass is 10.0. The van der Waals surface area contributed by atoms with Crippen LogP contribution in [-0.2, 0) is 4.79 Å². The van der Waals surface area contributed by atoms with Crippen LogP contribution in [0.5, 0.6) is 0 Å². The molecule has 1 saturated heterocycles. The molecule has 2 unspecified atom stereocenters. The number of likely N-dealkylation sites (N-methyl/N-ethyl adjacent to an activating group) is 1. The molecule has 1 fully saturated rings. The summed E-state index contributed by atoms with van der Waals surface area (Å²) in [5.41, 5.74) is 1.03. The maximum absolute atomic E-state index is 11.8. The number of nitrogens with zero attached hydrogens (tertiary/aromatic N) is 1. The van der Waals surface area contributed by atoms with Crippen LogP contribution in [0.3, 0.4) is 0 Å². The van der Waals surface area contributed by atoms with Crippen molar-refractivity contribution < 1.29 is 9.28 Å². The van der Waals surface area contributed by atoms with Crippen molar-refractivity contribution in [1.82, 2.24) is 5.32 Å². The standard InChI is InChI=1S/C12H16N2O/c1-14(2)9-8-13-12(15)11(14)10-6-4-3-5-7-10/h3-7,11H,1,8-9H2,2H3,(H,13,15). The van der Waals surface area contributed by atoms with Gasteiger partial charge < -0.3 is 9.80 Å². The van der Waals surface area contributed by atoms with E-state index in [0.29, 0.717) is 11.0 Å². The van der Waals surface area contributed by atoms with E-state index in [2.05, 4.69) is 12.4 Å². The van der Waals surface area contributed by atoms with Gasteiger partial charge in [-0.05, 0) is 0 Å². The van der Waals surface area contributed by atoms with Gasteiger partial charge in [-0.2, -0.15) is 0 Å². The second-order valence-electron chi connectivity index (χ2n) is 4.31. The summed E-state index contributed by atoms with van der Waals surface area (Å²) in [6.07, 6.45) is 0. The van der Waals surface area contributed by atoms with E-state index in [9.17, 15) is 4.79 Å². The summed E-state index contributed by atoms with van der Waals surface area (Å²) in [6.45, 7) is 1.58. The van der Waals surface area contributed by atoms with Gasteiger partial charge in [-0.1, -0.05) is 30.3 Å². The number of carbonyl (C=O) groups excluding carboxylic acids is 1. The Morgan fingerprint density at radius 1 is 1.40 bits per heavy atom. The lowest BCUT2D eigenvalue weighted by Crippen LogP contribution is -2.56. The molecule has 2 atom stereocenters. The van der Waals surface area contributed by atoms with Crippen LogP contribution in [0.15, 0.2) is 30.3 Å². The Labute approximate surface area is 90.3 Å². The molecule has 1 N–H and O–H groups in total. The van der Waals surface area contributed by atoms with Crippen LogP contribution in [0.4, 0.5) is 0 Å². The quantitative estimate of drug-likeness (QED) is 0.538. The number of rotatable bonds is 1. The third kappa shape index (κ3) is 1.88. The lowest BCUT2D eigenvalue weighted by Gasteiger charge is -2.47. The van der Waals surface area contributed by atoms with Crippen LogP contribution >= 0.6 is 0 Å². The van der Waals surface area contributed by atoms with Gasteiger partial charge in [0.1, 0.15) is 0 Å². The van der Waals surface area contributed by atoms with Gasteiger partial charge in [-0.3, -0.25) is 4.79 Å². The Morgan fingerprint density at radius 2 is 2.07 bits per heavy atom. The average molecular weight is 204 g/mol. The lowest BCUT2D eigenvalue weighted by molar-refractivity contribution is -0.889. The molecule has 1 aromatic rings. The molecule has 2 rings (SSSR count). The Morgan fingerprint density at radius 3 is 2.67 bits per heavy atom. The van der Waals surface area contributed by atoms with Gasteiger partial charge in [0.25, 0.3) is 5.91 Å². The minimum atomic E-state index is -0.181. The Kier molecular flexibility index (Phi) is 2.49. The van der Waals surface area contributed by atoms with E-state index in [1.165, 1.54) is 0 Å². The Bertz CT molecular complexity index is 359. The third-order valence-electron chi connectivity index (χ3n) is 2.91. The number of nitrogens with one attached hydrogen (secondary N) is 1. The van der Waals surface area contributed by atoms with E-state index < -0.39 is 0 Å². The van der Waals surface area contributed by atoms with Crippen LogP contribution in [0.2, 0.25) is 0 Å².